The van der Waals surface area contributed by atoms with Crippen molar-refractivity contribution in [2.75, 3.05) is 32.7 Å². The third kappa shape index (κ3) is 5.10. The van der Waals surface area contributed by atoms with Crippen LogP contribution < -0.4 is 0 Å². The van der Waals surface area contributed by atoms with Gasteiger partial charge in [0.2, 0.25) is 0 Å². The molecule has 1 aliphatic heterocycles. The number of aromatic nitrogens is 2. The Labute approximate surface area is 194 Å². The molecule has 0 spiro atoms. The maximum absolute atomic E-state index is 11.4. The van der Waals surface area contributed by atoms with Crippen LogP contribution >= 0.6 is 0 Å². The molecule has 0 bridgehead atoms. The fourth-order valence-corrected chi connectivity index (χ4v) is 4.53. The Balaban J connectivity index is 1.47. The molecule has 33 heavy (non-hydrogen) atoms. The molecule has 0 atom stereocenters. The van der Waals surface area contributed by atoms with Crippen molar-refractivity contribution < 1.29 is 4.92 Å². The lowest BCUT2D eigenvalue weighted by Gasteiger charge is -2.35. The van der Waals surface area contributed by atoms with Crippen molar-refractivity contribution in [3.05, 3.63) is 76.0 Å². The van der Waals surface area contributed by atoms with Gasteiger partial charge in [-0.05, 0) is 25.7 Å². The minimum atomic E-state index is -0.353. The van der Waals surface area contributed by atoms with E-state index < -0.39 is 0 Å². The monoisotopic (exact) mass is 443 g/mol. The number of rotatable bonds is 7. The summed E-state index contributed by atoms with van der Waals surface area (Å²) in [5.74, 6) is 1.56. The largest absolute Gasteiger partial charge is 0.301 e. The molecule has 0 radical (unpaired) electrons. The first kappa shape index (κ1) is 21.7. The molecule has 2 fully saturated rings. The highest BCUT2D eigenvalue weighted by Crippen LogP contribution is 2.32. The number of aryl methyl sites for hydroxylation is 1. The van der Waals surface area contributed by atoms with Crippen molar-refractivity contribution in [2.24, 2.45) is 5.92 Å². The Morgan fingerprint density at radius 2 is 1.64 bits per heavy atom. The molecule has 3 aromatic rings. The second kappa shape index (κ2) is 9.37. The van der Waals surface area contributed by atoms with E-state index in [2.05, 4.69) is 9.80 Å². The summed E-state index contributed by atoms with van der Waals surface area (Å²) in [5, 5.41) is 11.4. The quantitative estimate of drug-likeness (QED) is 0.394. The fraction of sp³-hybridized carbons (Fsp3) is 0.385. The van der Waals surface area contributed by atoms with Gasteiger partial charge < -0.3 is 4.90 Å². The minimum absolute atomic E-state index is 0.0738. The Morgan fingerprint density at radius 3 is 2.33 bits per heavy atom. The van der Waals surface area contributed by atoms with E-state index in [1.165, 1.54) is 25.5 Å². The maximum Gasteiger partial charge on any atom is 0.270 e. The van der Waals surface area contributed by atoms with Gasteiger partial charge in [-0.15, -0.1) is 0 Å². The van der Waals surface area contributed by atoms with E-state index in [0.717, 1.165) is 66.7 Å². The average molecular weight is 444 g/mol. The van der Waals surface area contributed by atoms with Crippen LogP contribution in [0.25, 0.3) is 22.6 Å². The molecule has 7 heteroatoms. The SMILES string of the molecule is Cc1nc(-c2ccccc2)nc(-c2cccc([N+](=O)[O-])c2)c1CN1CCN(CC2CC2)CC1. The van der Waals surface area contributed by atoms with Gasteiger partial charge >= 0.3 is 0 Å². The lowest BCUT2D eigenvalue weighted by Crippen LogP contribution is -2.46. The van der Waals surface area contributed by atoms with Crippen LogP contribution in [-0.2, 0) is 6.54 Å². The van der Waals surface area contributed by atoms with Crippen LogP contribution in [0, 0.1) is 23.0 Å². The van der Waals surface area contributed by atoms with E-state index in [4.69, 9.17) is 9.97 Å². The number of nitrogens with zero attached hydrogens (tertiary/aromatic N) is 5. The molecular formula is C26H29N5O2. The Bertz CT molecular complexity index is 1140. The standard InChI is InChI=1S/C26H29N5O2/c1-19-24(18-30-14-12-29(13-15-30)17-20-10-11-20)25(22-8-5-9-23(16-22)31(32)33)28-26(27-19)21-6-3-2-4-7-21/h2-9,16,20H,10-15,17-18H2,1H3. The molecule has 170 valence electrons. The van der Waals surface area contributed by atoms with Crippen LogP contribution in [0.2, 0.25) is 0 Å². The van der Waals surface area contributed by atoms with Crippen LogP contribution in [0.5, 0.6) is 0 Å². The van der Waals surface area contributed by atoms with E-state index in [1.807, 2.05) is 43.3 Å². The number of non-ortho nitro benzene ring substituents is 1. The summed E-state index contributed by atoms with van der Waals surface area (Å²) in [7, 11) is 0. The van der Waals surface area contributed by atoms with Gasteiger partial charge in [0.15, 0.2) is 5.82 Å². The van der Waals surface area contributed by atoms with Gasteiger partial charge in [0.1, 0.15) is 0 Å². The van der Waals surface area contributed by atoms with Gasteiger partial charge in [0.25, 0.3) is 5.69 Å². The second-order valence-electron chi connectivity index (χ2n) is 9.15. The fourth-order valence-electron chi connectivity index (χ4n) is 4.53. The predicted octanol–water partition coefficient (Wildman–Crippen LogP) is 4.55. The van der Waals surface area contributed by atoms with Gasteiger partial charge in [-0.2, -0.15) is 0 Å². The van der Waals surface area contributed by atoms with E-state index in [1.54, 1.807) is 12.1 Å². The average Bonchev–Trinajstić information content (AvgIpc) is 3.66. The topological polar surface area (TPSA) is 75.4 Å². The van der Waals surface area contributed by atoms with Crippen molar-refractivity contribution in [1.82, 2.24) is 19.8 Å². The van der Waals surface area contributed by atoms with Crippen molar-refractivity contribution in [3.63, 3.8) is 0 Å². The van der Waals surface area contributed by atoms with Gasteiger partial charge in [-0.3, -0.25) is 15.0 Å². The third-order valence-electron chi connectivity index (χ3n) is 6.64. The van der Waals surface area contributed by atoms with E-state index in [-0.39, 0.29) is 10.6 Å². The number of piperazine rings is 1. The highest BCUT2D eigenvalue weighted by molar-refractivity contribution is 5.69. The van der Waals surface area contributed by atoms with Gasteiger partial charge in [-0.1, -0.05) is 42.5 Å². The zero-order chi connectivity index (χ0) is 22.8. The van der Waals surface area contributed by atoms with E-state index in [9.17, 15) is 10.1 Å². The molecule has 2 aromatic carbocycles. The second-order valence-corrected chi connectivity index (χ2v) is 9.15. The van der Waals surface area contributed by atoms with Crippen molar-refractivity contribution >= 4 is 5.69 Å². The Morgan fingerprint density at radius 1 is 0.939 bits per heavy atom. The van der Waals surface area contributed by atoms with Crippen LogP contribution in [0.4, 0.5) is 5.69 Å². The van der Waals surface area contributed by atoms with Crippen molar-refractivity contribution in [2.45, 2.75) is 26.3 Å². The molecule has 1 saturated heterocycles. The van der Waals surface area contributed by atoms with Gasteiger partial charge in [0, 0.05) is 73.8 Å². The molecule has 1 aliphatic carbocycles. The van der Waals surface area contributed by atoms with Crippen LogP contribution in [0.3, 0.4) is 0 Å². The summed E-state index contributed by atoms with van der Waals surface area (Å²) in [5.41, 5.74) is 4.52. The van der Waals surface area contributed by atoms with Crippen LogP contribution in [0.1, 0.15) is 24.1 Å². The molecule has 2 heterocycles. The molecule has 0 amide bonds. The highest BCUT2D eigenvalue weighted by atomic mass is 16.6. The van der Waals surface area contributed by atoms with Gasteiger partial charge in [0.05, 0.1) is 10.6 Å². The molecule has 0 unspecified atom stereocenters. The first-order chi connectivity index (χ1) is 16.1. The number of nitro groups is 1. The lowest BCUT2D eigenvalue weighted by molar-refractivity contribution is -0.384. The van der Waals surface area contributed by atoms with Crippen LogP contribution in [0.15, 0.2) is 54.6 Å². The summed E-state index contributed by atoms with van der Waals surface area (Å²) in [6.07, 6.45) is 2.77. The van der Waals surface area contributed by atoms with Crippen molar-refractivity contribution in [1.29, 1.82) is 0 Å². The van der Waals surface area contributed by atoms with E-state index >= 15 is 0 Å². The summed E-state index contributed by atoms with van der Waals surface area (Å²) >= 11 is 0. The third-order valence-corrected chi connectivity index (χ3v) is 6.64. The predicted molar refractivity (Wildman–Crippen MR) is 129 cm³/mol. The first-order valence-electron chi connectivity index (χ1n) is 11.7. The molecule has 7 nitrogen and oxygen atoms in total. The van der Waals surface area contributed by atoms with Crippen LogP contribution in [-0.4, -0.2) is 57.4 Å². The maximum atomic E-state index is 11.4. The molecule has 1 saturated carbocycles. The molecule has 2 aliphatic rings. The molecule has 0 N–H and O–H groups in total. The molecular weight excluding hydrogens is 414 g/mol. The number of nitro benzene ring substituents is 1. The highest BCUT2D eigenvalue weighted by Gasteiger charge is 2.27. The lowest BCUT2D eigenvalue weighted by atomic mass is 10.0. The summed E-state index contributed by atoms with van der Waals surface area (Å²) in [6, 6.07) is 16.7. The summed E-state index contributed by atoms with van der Waals surface area (Å²) < 4.78 is 0. The smallest absolute Gasteiger partial charge is 0.270 e. The molecule has 1 aromatic heterocycles. The summed E-state index contributed by atoms with van der Waals surface area (Å²) in [6.45, 7) is 8.21. The summed E-state index contributed by atoms with van der Waals surface area (Å²) in [4.78, 5) is 25.9. The normalized spacial score (nSPS) is 17.2. The zero-order valence-electron chi connectivity index (χ0n) is 19.0. The van der Waals surface area contributed by atoms with Crippen molar-refractivity contribution in [3.8, 4) is 22.6 Å². The van der Waals surface area contributed by atoms with Gasteiger partial charge in [-0.25, -0.2) is 9.97 Å². The minimum Gasteiger partial charge on any atom is -0.301 e. The zero-order valence-corrected chi connectivity index (χ0v) is 19.0. The number of benzene rings is 2. The Hall–Kier alpha value is -3.16. The molecule has 5 rings (SSSR count). The number of hydrogen-bond acceptors (Lipinski definition) is 6. The number of hydrogen-bond donors (Lipinski definition) is 0. The first-order valence-corrected chi connectivity index (χ1v) is 11.7. The Kier molecular flexibility index (Phi) is 6.15. The van der Waals surface area contributed by atoms with E-state index in [0.29, 0.717) is 5.82 Å².